The highest BCUT2D eigenvalue weighted by molar-refractivity contribution is 6.34. The number of benzene rings is 2. The maximum Gasteiger partial charge on any atom is 0.338 e. The molecule has 2 N–H and O–H groups in total. The molecule has 9 heteroatoms. The molecule has 2 aromatic heterocycles. The number of aromatic nitrogens is 4. The molecule has 0 amide bonds. The number of aromatic carboxylic acids is 1. The third-order valence-electron chi connectivity index (χ3n) is 5.28. The van der Waals surface area contributed by atoms with Gasteiger partial charge >= 0.3 is 5.97 Å². The van der Waals surface area contributed by atoms with E-state index < -0.39 is 5.97 Å². The van der Waals surface area contributed by atoms with Gasteiger partial charge in [0.05, 0.1) is 33.4 Å². The van der Waals surface area contributed by atoms with Gasteiger partial charge in [-0.25, -0.2) is 14.5 Å². The van der Waals surface area contributed by atoms with Gasteiger partial charge in [0.25, 0.3) is 5.56 Å². The van der Waals surface area contributed by atoms with Gasteiger partial charge in [-0.15, -0.1) is 0 Å². The van der Waals surface area contributed by atoms with Crippen molar-refractivity contribution in [2.45, 2.75) is 13.0 Å². The number of halogens is 1. The SMILES string of the molecule is O=C(O)c1cnn(-c2nc3cc(Cl)c(N4CCc5ccccc5C4)cc3c(=O)[nH]2)c1. The second-order valence-corrected chi connectivity index (χ2v) is 7.54. The number of hydrogen-bond donors (Lipinski definition) is 2. The van der Waals surface area contributed by atoms with Crippen molar-refractivity contribution in [1.29, 1.82) is 0 Å². The Kier molecular flexibility index (Phi) is 4.29. The van der Waals surface area contributed by atoms with Gasteiger partial charge in [0.15, 0.2) is 0 Å². The molecule has 0 bridgehead atoms. The zero-order valence-electron chi connectivity index (χ0n) is 15.7. The van der Waals surface area contributed by atoms with E-state index in [4.69, 9.17) is 16.7 Å². The highest BCUT2D eigenvalue weighted by atomic mass is 35.5. The highest BCUT2D eigenvalue weighted by Crippen LogP contribution is 2.32. The van der Waals surface area contributed by atoms with Crippen LogP contribution in [0.3, 0.4) is 0 Å². The summed E-state index contributed by atoms with van der Waals surface area (Å²) < 4.78 is 1.22. The quantitative estimate of drug-likeness (QED) is 0.527. The molecule has 0 saturated carbocycles. The number of carboxylic acid groups (broad SMARTS) is 1. The van der Waals surface area contributed by atoms with Crippen LogP contribution in [-0.2, 0) is 13.0 Å². The molecule has 8 nitrogen and oxygen atoms in total. The molecule has 0 atom stereocenters. The summed E-state index contributed by atoms with van der Waals surface area (Å²) in [5.74, 6) is -0.990. The van der Waals surface area contributed by atoms with E-state index >= 15 is 0 Å². The fourth-order valence-electron chi connectivity index (χ4n) is 3.74. The van der Waals surface area contributed by atoms with E-state index in [0.717, 1.165) is 25.2 Å². The fourth-order valence-corrected chi connectivity index (χ4v) is 4.02. The van der Waals surface area contributed by atoms with E-state index in [-0.39, 0.29) is 17.1 Å². The van der Waals surface area contributed by atoms with Crippen molar-refractivity contribution < 1.29 is 9.90 Å². The summed E-state index contributed by atoms with van der Waals surface area (Å²) >= 11 is 6.57. The summed E-state index contributed by atoms with van der Waals surface area (Å²) in [5.41, 5.74) is 3.41. The molecule has 1 aliphatic heterocycles. The van der Waals surface area contributed by atoms with Gasteiger partial charge in [-0.1, -0.05) is 35.9 Å². The predicted octanol–water partition coefficient (Wildman–Crippen LogP) is 3.02. The Hall–Kier alpha value is -3.65. The van der Waals surface area contributed by atoms with Crippen LogP contribution in [-0.4, -0.2) is 37.4 Å². The first-order chi connectivity index (χ1) is 14.5. The molecule has 5 rings (SSSR count). The maximum atomic E-state index is 12.7. The number of H-pyrrole nitrogens is 1. The summed E-state index contributed by atoms with van der Waals surface area (Å²) in [4.78, 5) is 33.0. The van der Waals surface area contributed by atoms with E-state index in [2.05, 4.69) is 32.1 Å². The number of nitrogens with one attached hydrogen (secondary N) is 1. The Balaban J connectivity index is 1.55. The highest BCUT2D eigenvalue weighted by Gasteiger charge is 2.20. The smallest absolute Gasteiger partial charge is 0.338 e. The van der Waals surface area contributed by atoms with Crippen molar-refractivity contribution in [3.63, 3.8) is 0 Å². The average molecular weight is 422 g/mol. The minimum Gasteiger partial charge on any atom is -0.478 e. The van der Waals surface area contributed by atoms with Crippen LogP contribution in [0.2, 0.25) is 5.02 Å². The Bertz CT molecular complexity index is 1360. The number of hydrogen-bond acceptors (Lipinski definition) is 5. The van der Waals surface area contributed by atoms with Crippen LogP contribution in [0.1, 0.15) is 21.5 Å². The Labute approximate surface area is 175 Å². The summed E-state index contributed by atoms with van der Waals surface area (Å²) in [6, 6.07) is 11.7. The van der Waals surface area contributed by atoms with Crippen LogP contribution in [0, 0.1) is 0 Å². The van der Waals surface area contributed by atoms with Crippen LogP contribution in [0.4, 0.5) is 5.69 Å². The monoisotopic (exact) mass is 421 g/mol. The minimum atomic E-state index is -1.11. The van der Waals surface area contributed by atoms with E-state index in [1.807, 2.05) is 12.1 Å². The van der Waals surface area contributed by atoms with Crippen molar-refractivity contribution in [3.05, 3.63) is 80.9 Å². The zero-order chi connectivity index (χ0) is 20.8. The molecule has 0 unspecified atom stereocenters. The molecule has 3 heterocycles. The van der Waals surface area contributed by atoms with Crippen molar-refractivity contribution in [2.75, 3.05) is 11.4 Å². The number of nitrogens with zero attached hydrogens (tertiary/aromatic N) is 4. The summed E-state index contributed by atoms with van der Waals surface area (Å²) in [6.07, 6.45) is 3.38. The molecule has 150 valence electrons. The molecule has 0 fully saturated rings. The Morgan fingerprint density at radius 2 is 2.00 bits per heavy atom. The summed E-state index contributed by atoms with van der Waals surface area (Å²) in [7, 11) is 0. The van der Waals surface area contributed by atoms with Crippen molar-refractivity contribution in [3.8, 4) is 5.95 Å². The number of aromatic amines is 1. The minimum absolute atomic E-state index is 0.00324. The molecule has 0 spiro atoms. The van der Waals surface area contributed by atoms with Crippen molar-refractivity contribution in [2.24, 2.45) is 0 Å². The Morgan fingerprint density at radius 3 is 2.77 bits per heavy atom. The maximum absolute atomic E-state index is 12.7. The normalized spacial score (nSPS) is 13.4. The first kappa shape index (κ1) is 18.4. The number of carbonyl (C=O) groups is 1. The first-order valence-electron chi connectivity index (χ1n) is 9.33. The number of fused-ring (bicyclic) bond motifs is 2. The number of rotatable bonds is 3. The number of carboxylic acids is 1. The largest absolute Gasteiger partial charge is 0.478 e. The lowest BCUT2D eigenvalue weighted by Gasteiger charge is -2.31. The van der Waals surface area contributed by atoms with E-state index in [1.165, 1.54) is 28.2 Å². The van der Waals surface area contributed by atoms with Gasteiger partial charge in [0, 0.05) is 19.3 Å². The molecular weight excluding hydrogens is 406 g/mol. The fraction of sp³-hybridized carbons (Fsp3) is 0.143. The van der Waals surface area contributed by atoms with Crippen LogP contribution in [0.5, 0.6) is 0 Å². The van der Waals surface area contributed by atoms with E-state index in [0.29, 0.717) is 15.9 Å². The summed E-state index contributed by atoms with van der Waals surface area (Å²) in [5, 5.41) is 13.9. The zero-order valence-corrected chi connectivity index (χ0v) is 16.4. The lowest BCUT2D eigenvalue weighted by molar-refractivity contribution is 0.0697. The molecule has 30 heavy (non-hydrogen) atoms. The van der Waals surface area contributed by atoms with E-state index in [9.17, 15) is 9.59 Å². The van der Waals surface area contributed by atoms with Gasteiger partial charge in [0.2, 0.25) is 5.95 Å². The third-order valence-corrected chi connectivity index (χ3v) is 5.58. The van der Waals surface area contributed by atoms with Gasteiger partial charge in [-0.3, -0.25) is 9.78 Å². The van der Waals surface area contributed by atoms with Gasteiger partial charge in [-0.05, 0) is 29.7 Å². The molecule has 0 saturated heterocycles. The van der Waals surface area contributed by atoms with Crippen molar-refractivity contribution >= 4 is 34.2 Å². The lowest BCUT2D eigenvalue weighted by atomic mass is 9.99. The third kappa shape index (κ3) is 3.11. The second kappa shape index (κ2) is 7.00. The number of anilines is 1. The molecule has 2 aromatic carbocycles. The topological polar surface area (TPSA) is 104 Å². The van der Waals surface area contributed by atoms with Gasteiger partial charge < -0.3 is 10.0 Å². The van der Waals surface area contributed by atoms with Crippen LogP contribution >= 0.6 is 11.6 Å². The van der Waals surface area contributed by atoms with Gasteiger partial charge in [-0.2, -0.15) is 5.10 Å². The molecule has 1 aliphatic rings. The first-order valence-corrected chi connectivity index (χ1v) is 9.71. The van der Waals surface area contributed by atoms with Crippen molar-refractivity contribution in [1.82, 2.24) is 19.7 Å². The van der Waals surface area contributed by atoms with Gasteiger partial charge in [0.1, 0.15) is 0 Å². The Morgan fingerprint density at radius 1 is 1.20 bits per heavy atom. The standard InChI is InChI=1S/C21H16ClN5O3/c22-16-8-17-15(7-18(16)26-6-5-12-3-1-2-4-13(12)10-26)19(28)25-21(24-17)27-11-14(9-23-27)20(29)30/h1-4,7-9,11H,5-6,10H2,(H,29,30)(H,24,25,28). The summed E-state index contributed by atoms with van der Waals surface area (Å²) in [6.45, 7) is 1.52. The van der Waals surface area contributed by atoms with Crippen LogP contribution < -0.4 is 10.5 Å². The van der Waals surface area contributed by atoms with Crippen LogP contribution in [0.15, 0.2) is 53.6 Å². The lowest BCUT2D eigenvalue weighted by Crippen LogP contribution is -2.30. The second-order valence-electron chi connectivity index (χ2n) is 7.13. The van der Waals surface area contributed by atoms with Crippen LogP contribution in [0.25, 0.3) is 16.9 Å². The molecular formula is C21H16ClN5O3. The average Bonchev–Trinajstić information content (AvgIpc) is 3.23. The van der Waals surface area contributed by atoms with E-state index in [1.54, 1.807) is 12.1 Å². The predicted molar refractivity (Wildman–Crippen MR) is 113 cm³/mol. The molecule has 0 aliphatic carbocycles. The molecule has 4 aromatic rings. The molecule has 0 radical (unpaired) electrons.